The zero-order valence-electron chi connectivity index (χ0n) is 8.38. The Kier molecular flexibility index (Phi) is 4.51. The lowest BCUT2D eigenvalue weighted by atomic mass is 10.3. The van der Waals surface area contributed by atoms with E-state index in [1.807, 2.05) is 39.8 Å². The molecule has 0 radical (unpaired) electrons. The van der Waals surface area contributed by atoms with Crippen molar-refractivity contribution < 1.29 is 4.79 Å². The van der Waals surface area contributed by atoms with Gasteiger partial charge in [0.15, 0.2) is 0 Å². The summed E-state index contributed by atoms with van der Waals surface area (Å²) in [6.45, 7) is 5.50. The van der Waals surface area contributed by atoms with Crippen LogP contribution in [-0.4, -0.2) is 36.7 Å². The molecule has 1 atom stereocenters. The zero-order valence-corrected chi connectivity index (χ0v) is 8.38. The molecule has 0 spiro atoms. The van der Waals surface area contributed by atoms with E-state index in [2.05, 4.69) is 10.5 Å². The molecule has 70 valence electrons. The monoisotopic (exact) mass is 171 g/mol. The molecule has 0 heterocycles. The Morgan fingerprint density at radius 3 is 2.25 bits per heavy atom. The van der Waals surface area contributed by atoms with E-state index in [0.717, 1.165) is 5.71 Å². The second kappa shape index (κ2) is 4.87. The largest absolute Gasteiger partial charge is 0.298 e. The molecule has 1 amide bonds. The van der Waals surface area contributed by atoms with Crippen molar-refractivity contribution in [2.24, 2.45) is 5.10 Å². The molecule has 0 aromatic carbocycles. The standard InChI is InChI=1S/C8H17N3O/c1-6(2)9-10-8(12)7(3)11(4)5/h7H,1-5H3,(H,10,12). The van der Waals surface area contributed by atoms with Crippen LogP contribution in [-0.2, 0) is 4.79 Å². The van der Waals surface area contributed by atoms with Gasteiger partial charge in [0.2, 0.25) is 0 Å². The summed E-state index contributed by atoms with van der Waals surface area (Å²) >= 11 is 0. The van der Waals surface area contributed by atoms with Crippen molar-refractivity contribution in [3.05, 3.63) is 0 Å². The first-order valence-corrected chi connectivity index (χ1v) is 3.92. The molecule has 0 aliphatic rings. The highest BCUT2D eigenvalue weighted by Crippen LogP contribution is 1.90. The van der Waals surface area contributed by atoms with Gasteiger partial charge < -0.3 is 0 Å². The van der Waals surface area contributed by atoms with Gasteiger partial charge in [-0.05, 0) is 34.9 Å². The highest BCUT2D eigenvalue weighted by molar-refractivity contribution is 5.84. The lowest BCUT2D eigenvalue weighted by molar-refractivity contribution is -0.124. The van der Waals surface area contributed by atoms with Crippen molar-refractivity contribution in [1.29, 1.82) is 0 Å². The zero-order chi connectivity index (χ0) is 9.72. The van der Waals surface area contributed by atoms with Crippen LogP contribution in [0, 0.1) is 0 Å². The Bertz CT molecular complexity index is 183. The van der Waals surface area contributed by atoms with Crippen LogP contribution in [0.2, 0.25) is 0 Å². The molecule has 12 heavy (non-hydrogen) atoms. The van der Waals surface area contributed by atoms with Crippen LogP contribution in [0.4, 0.5) is 0 Å². The molecule has 0 aliphatic carbocycles. The number of hydrazone groups is 1. The van der Waals surface area contributed by atoms with Gasteiger partial charge in [0, 0.05) is 5.71 Å². The number of carbonyl (C=O) groups excluding carboxylic acids is 1. The minimum atomic E-state index is -0.145. The van der Waals surface area contributed by atoms with Crippen LogP contribution in [0.1, 0.15) is 20.8 Å². The molecule has 0 saturated carbocycles. The Balaban J connectivity index is 3.97. The van der Waals surface area contributed by atoms with E-state index >= 15 is 0 Å². The summed E-state index contributed by atoms with van der Waals surface area (Å²) in [5.74, 6) is -0.0822. The smallest absolute Gasteiger partial charge is 0.257 e. The molecule has 4 nitrogen and oxygen atoms in total. The number of hydrogen-bond acceptors (Lipinski definition) is 3. The minimum Gasteiger partial charge on any atom is -0.298 e. The molecule has 0 bridgehead atoms. The molecule has 0 rings (SSSR count). The van der Waals surface area contributed by atoms with E-state index in [1.54, 1.807) is 0 Å². The van der Waals surface area contributed by atoms with Crippen LogP contribution in [0.5, 0.6) is 0 Å². The van der Waals surface area contributed by atoms with Crippen LogP contribution in [0.3, 0.4) is 0 Å². The van der Waals surface area contributed by atoms with Gasteiger partial charge in [-0.2, -0.15) is 5.10 Å². The number of likely N-dealkylation sites (N-methyl/N-ethyl adjacent to an activating group) is 1. The van der Waals surface area contributed by atoms with E-state index in [-0.39, 0.29) is 11.9 Å². The van der Waals surface area contributed by atoms with E-state index in [9.17, 15) is 4.79 Å². The summed E-state index contributed by atoms with van der Waals surface area (Å²) in [7, 11) is 3.71. The van der Waals surface area contributed by atoms with E-state index < -0.39 is 0 Å². The van der Waals surface area contributed by atoms with Crippen molar-refractivity contribution >= 4 is 11.6 Å². The third-order valence-electron chi connectivity index (χ3n) is 1.54. The third-order valence-corrected chi connectivity index (χ3v) is 1.54. The molecule has 4 heteroatoms. The SMILES string of the molecule is CC(C)=NNC(=O)C(C)N(C)C. The summed E-state index contributed by atoms with van der Waals surface area (Å²) in [5, 5.41) is 3.82. The number of nitrogens with one attached hydrogen (secondary N) is 1. The predicted molar refractivity (Wildman–Crippen MR) is 50.1 cm³/mol. The van der Waals surface area contributed by atoms with Crippen LogP contribution >= 0.6 is 0 Å². The summed E-state index contributed by atoms with van der Waals surface area (Å²) < 4.78 is 0. The van der Waals surface area contributed by atoms with Gasteiger partial charge in [-0.25, -0.2) is 5.43 Å². The van der Waals surface area contributed by atoms with E-state index in [4.69, 9.17) is 0 Å². The molecule has 1 unspecified atom stereocenters. The first-order valence-electron chi connectivity index (χ1n) is 3.92. The van der Waals surface area contributed by atoms with Gasteiger partial charge in [-0.1, -0.05) is 0 Å². The van der Waals surface area contributed by atoms with Crippen LogP contribution in [0.15, 0.2) is 5.10 Å². The molecular formula is C8H17N3O. The van der Waals surface area contributed by atoms with Crippen LogP contribution in [0.25, 0.3) is 0 Å². The maximum absolute atomic E-state index is 11.2. The molecule has 0 aromatic heterocycles. The molecule has 0 aliphatic heterocycles. The number of rotatable bonds is 3. The molecule has 0 fully saturated rings. The normalized spacial score (nSPS) is 12.5. The molecule has 1 N–H and O–H groups in total. The Hall–Kier alpha value is -0.900. The minimum absolute atomic E-state index is 0.0822. The lowest BCUT2D eigenvalue weighted by Crippen LogP contribution is -2.39. The third kappa shape index (κ3) is 4.08. The highest BCUT2D eigenvalue weighted by atomic mass is 16.2. The summed E-state index contributed by atoms with van der Waals surface area (Å²) in [6, 6.07) is -0.145. The van der Waals surface area contributed by atoms with Crippen molar-refractivity contribution in [1.82, 2.24) is 10.3 Å². The fourth-order valence-corrected chi connectivity index (χ4v) is 0.495. The molecule has 0 aromatic rings. The fourth-order valence-electron chi connectivity index (χ4n) is 0.495. The molecular weight excluding hydrogens is 154 g/mol. The van der Waals surface area contributed by atoms with E-state index in [1.165, 1.54) is 0 Å². The van der Waals surface area contributed by atoms with Gasteiger partial charge in [0.1, 0.15) is 0 Å². The number of carbonyl (C=O) groups is 1. The van der Waals surface area contributed by atoms with Crippen molar-refractivity contribution in [3.8, 4) is 0 Å². The van der Waals surface area contributed by atoms with Gasteiger partial charge in [-0.15, -0.1) is 0 Å². The van der Waals surface area contributed by atoms with Crippen molar-refractivity contribution in [2.45, 2.75) is 26.8 Å². The first kappa shape index (κ1) is 11.1. The second-order valence-corrected chi connectivity index (χ2v) is 3.17. The van der Waals surface area contributed by atoms with Crippen molar-refractivity contribution in [2.75, 3.05) is 14.1 Å². The molecule has 0 saturated heterocycles. The van der Waals surface area contributed by atoms with Gasteiger partial charge >= 0.3 is 0 Å². The number of amides is 1. The summed E-state index contributed by atoms with van der Waals surface area (Å²) in [6.07, 6.45) is 0. The maximum atomic E-state index is 11.2. The van der Waals surface area contributed by atoms with Crippen LogP contribution < -0.4 is 5.43 Å². The predicted octanol–water partition coefficient (Wildman–Crippen LogP) is 0.448. The Morgan fingerprint density at radius 1 is 1.42 bits per heavy atom. The average Bonchev–Trinajstić information content (AvgIpc) is 1.98. The Labute approximate surface area is 73.6 Å². The van der Waals surface area contributed by atoms with Gasteiger partial charge in [-0.3, -0.25) is 9.69 Å². The maximum Gasteiger partial charge on any atom is 0.257 e. The second-order valence-electron chi connectivity index (χ2n) is 3.17. The van der Waals surface area contributed by atoms with Gasteiger partial charge in [0.25, 0.3) is 5.91 Å². The van der Waals surface area contributed by atoms with Crippen molar-refractivity contribution in [3.63, 3.8) is 0 Å². The van der Waals surface area contributed by atoms with Gasteiger partial charge in [0.05, 0.1) is 6.04 Å². The first-order chi connectivity index (χ1) is 5.45. The number of nitrogens with zero attached hydrogens (tertiary/aromatic N) is 2. The topological polar surface area (TPSA) is 44.7 Å². The quantitative estimate of drug-likeness (QED) is 0.495. The highest BCUT2D eigenvalue weighted by Gasteiger charge is 2.13. The lowest BCUT2D eigenvalue weighted by Gasteiger charge is -2.17. The Morgan fingerprint density at radius 2 is 1.92 bits per heavy atom. The van der Waals surface area contributed by atoms with E-state index in [0.29, 0.717) is 0 Å². The average molecular weight is 171 g/mol. The summed E-state index contributed by atoms with van der Waals surface area (Å²) in [5.41, 5.74) is 3.31. The number of hydrogen-bond donors (Lipinski definition) is 1. The fraction of sp³-hybridized carbons (Fsp3) is 0.750. The summed E-state index contributed by atoms with van der Waals surface area (Å²) in [4.78, 5) is 13.1.